The number of aliphatic hydroxyl groups excluding tert-OH is 1. The van der Waals surface area contributed by atoms with Gasteiger partial charge >= 0.3 is 0 Å². The van der Waals surface area contributed by atoms with E-state index in [1.54, 1.807) is 0 Å². The van der Waals surface area contributed by atoms with E-state index < -0.39 is 17.9 Å². The number of aliphatic hydroxyl groups is 1. The van der Waals surface area contributed by atoms with Crippen molar-refractivity contribution < 1.29 is 13.9 Å². The Morgan fingerprint density at radius 2 is 2.09 bits per heavy atom. The van der Waals surface area contributed by atoms with E-state index in [9.17, 15) is 8.78 Å². The number of halogens is 3. The Kier molecular flexibility index (Phi) is 3.67. The summed E-state index contributed by atoms with van der Waals surface area (Å²) in [7, 11) is 0. The van der Waals surface area contributed by atoms with Crippen LogP contribution in [0.3, 0.4) is 0 Å². The molecule has 2 atom stereocenters. The Balaban J connectivity index is 0.000001000. The second-order valence-electron chi connectivity index (χ2n) is 2.74. The maximum atomic E-state index is 12.5. The van der Waals surface area contributed by atoms with E-state index in [-0.39, 0.29) is 25.4 Å². The summed E-state index contributed by atoms with van der Waals surface area (Å²) in [6, 6.07) is 0. The highest BCUT2D eigenvalue weighted by Gasteiger charge is 2.48. The highest BCUT2D eigenvalue weighted by molar-refractivity contribution is 5.85. The third kappa shape index (κ3) is 2.01. The van der Waals surface area contributed by atoms with E-state index in [0.29, 0.717) is 6.42 Å². The van der Waals surface area contributed by atoms with Crippen LogP contribution in [-0.2, 0) is 0 Å². The molecule has 0 spiro atoms. The van der Waals surface area contributed by atoms with Crippen molar-refractivity contribution >= 4 is 12.4 Å². The summed E-state index contributed by atoms with van der Waals surface area (Å²) in [6.45, 7) is 0.150. The molecule has 0 aromatic heterocycles. The predicted molar refractivity (Wildman–Crippen MR) is 40.0 cm³/mol. The van der Waals surface area contributed by atoms with Gasteiger partial charge in [-0.15, -0.1) is 12.4 Å². The van der Waals surface area contributed by atoms with Crippen molar-refractivity contribution in [2.75, 3.05) is 6.54 Å². The van der Waals surface area contributed by atoms with E-state index in [0.717, 1.165) is 0 Å². The highest BCUT2D eigenvalue weighted by atomic mass is 35.5. The Hall–Kier alpha value is 0.0700. The first-order valence-electron chi connectivity index (χ1n) is 3.34. The van der Waals surface area contributed by atoms with Gasteiger partial charge in [-0.05, 0) is 13.0 Å². The SMILES string of the molecule is Cl.NC[C@@H]1CCC(F)(F)[C@H]1O. The average Bonchev–Trinajstić information content (AvgIpc) is 2.10. The molecule has 0 unspecified atom stereocenters. The number of rotatable bonds is 1. The van der Waals surface area contributed by atoms with Gasteiger partial charge in [0.25, 0.3) is 5.92 Å². The minimum Gasteiger partial charge on any atom is -0.387 e. The van der Waals surface area contributed by atoms with E-state index in [1.165, 1.54) is 0 Å². The fraction of sp³-hybridized carbons (Fsp3) is 1.00. The van der Waals surface area contributed by atoms with Gasteiger partial charge in [-0.3, -0.25) is 0 Å². The van der Waals surface area contributed by atoms with Gasteiger partial charge in [0.1, 0.15) is 6.10 Å². The summed E-state index contributed by atoms with van der Waals surface area (Å²) in [5, 5.41) is 8.89. The molecule has 0 saturated heterocycles. The molecule has 0 aromatic carbocycles. The Bertz CT molecular complexity index is 134. The van der Waals surface area contributed by atoms with Gasteiger partial charge in [-0.1, -0.05) is 0 Å². The van der Waals surface area contributed by atoms with Crippen LogP contribution in [0, 0.1) is 5.92 Å². The Morgan fingerprint density at radius 3 is 2.27 bits per heavy atom. The molecule has 5 heteroatoms. The predicted octanol–water partition coefficient (Wildman–Crippen LogP) is 0.773. The lowest BCUT2D eigenvalue weighted by Crippen LogP contribution is -2.34. The molecule has 0 aliphatic heterocycles. The summed E-state index contributed by atoms with van der Waals surface area (Å²) in [4.78, 5) is 0. The minimum atomic E-state index is -2.90. The summed E-state index contributed by atoms with van der Waals surface area (Å²) < 4.78 is 24.9. The molecular weight excluding hydrogens is 176 g/mol. The molecule has 68 valence electrons. The molecule has 1 aliphatic carbocycles. The Morgan fingerprint density at radius 1 is 1.55 bits per heavy atom. The smallest absolute Gasteiger partial charge is 0.273 e. The molecule has 1 fully saturated rings. The van der Waals surface area contributed by atoms with Gasteiger partial charge in [0.2, 0.25) is 0 Å². The fourth-order valence-electron chi connectivity index (χ4n) is 1.28. The molecule has 3 N–H and O–H groups in total. The zero-order valence-electron chi connectivity index (χ0n) is 5.96. The molecule has 2 nitrogen and oxygen atoms in total. The fourth-order valence-corrected chi connectivity index (χ4v) is 1.28. The standard InChI is InChI=1S/C6H11F2NO.ClH/c7-6(8)2-1-4(3-9)5(6)10;/h4-5,10H,1-3,9H2;1H/t4-,5-;/m0./s1. The minimum absolute atomic E-state index is 0. The van der Waals surface area contributed by atoms with Gasteiger partial charge in [-0.2, -0.15) is 0 Å². The van der Waals surface area contributed by atoms with E-state index >= 15 is 0 Å². The third-order valence-corrected chi connectivity index (χ3v) is 2.03. The van der Waals surface area contributed by atoms with Gasteiger partial charge in [0.05, 0.1) is 0 Å². The molecule has 0 radical (unpaired) electrons. The van der Waals surface area contributed by atoms with Crippen LogP contribution >= 0.6 is 12.4 Å². The zero-order valence-corrected chi connectivity index (χ0v) is 6.78. The van der Waals surface area contributed by atoms with Crippen molar-refractivity contribution in [2.45, 2.75) is 24.9 Å². The average molecular weight is 188 g/mol. The number of alkyl halides is 2. The first-order valence-corrected chi connectivity index (χ1v) is 3.34. The van der Waals surface area contributed by atoms with Gasteiger partial charge in [0, 0.05) is 12.3 Å². The maximum Gasteiger partial charge on any atom is 0.273 e. The summed E-state index contributed by atoms with van der Waals surface area (Å²) in [6.07, 6.45) is -1.40. The molecule has 1 rings (SSSR count). The second-order valence-corrected chi connectivity index (χ2v) is 2.74. The van der Waals surface area contributed by atoms with Crippen LogP contribution in [0.15, 0.2) is 0 Å². The van der Waals surface area contributed by atoms with Crippen molar-refractivity contribution in [1.29, 1.82) is 0 Å². The monoisotopic (exact) mass is 187 g/mol. The molecule has 0 heterocycles. The van der Waals surface area contributed by atoms with Crippen LogP contribution in [0.4, 0.5) is 8.78 Å². The highest BCUT2D eigenvalue weighted by Crippen LogP contribution is 2.38. The number of hydrogen-bond acceptors (Lipinski definition) is 2. The first kappa shape index (κ1) is 11.1. The molecule has 0 aromatic rings. The van der Waals surface area contributed by atoms with E-state index in [2.05, 4.69) is 0 Å². The first-order chi connectivity index (χ1) is 4.58. The van der Waals surface area contributed by atoms with Crippen LogP contribution in [0.1, 0.15) is 12.8 Å². The van der Waals surface area contributed by atoms with Crippen LogP contribution in [-0.4, -0.2) is 23.7 Å². The maximum absolute atomic E-state index is 12.5. The van der Waals surface area contributed by atoms with Crippen molar-refractivity contribution in [3.8, 4) is 0 Å². The Labute approximate surface area is 70.2 Å². The molecule has 0 amide bonds. The normalized spacial score (nSPS) is 34.9. The molecule has 0 bridgehead atoms. The number of hydrogen-bond donors (Lipinski definition) is 2. The van der Waals surface area contributed by atoms with Crippen LogP contribution in [0.5, 0.6) is 0 Å². The second kappa shape index (κ2) is 3.65. The van der Waals surface area contributed by atoms with Crippen molar-refractivity contribution in [1.82, 2.24) is 0 Å². The van der Waals surface area contributed by atoms with Gasteiger partial charge in [-0.25, -0.2) is 8.78 Å². The van der Waals surface area contributed by atoms with Crippen LogP contribution in [0.25, 0.3) is 0 Å². The van der Waals surface area contributed by atoms with Crippen LogP contribution < -0.4 is 5.73 Å². The largest absolute Gasteiger partial charge is 0.387 e. The quantitative estimate of drug-likeness (QED) is 0.637. The van der Waals surface area contributed by atoms with Crippen molar-refractivity contribution in [2.24, 2.45) is 11.7 Å². The topological polar surface area (TPSA) is 46.2 Å². The van der Waals surface area contributed by atoms with Crippen molar-refractivity contribution in [3.63, 3.8) is 0 Å². The molecular formula is C6H12ClF2NO. The van der Waals surface area contributed by atoms with Crippen LogP contribution in [0.2, 0.25) is 0 Å². The van der Waals surface area contributed by atoms with E-state index in [1.807, 2.05) is 0 Å². The molecule has 11 heavy (non-hydrogen) atoms. The lowest BCUT2D eigenvalue weighted by molar-refractivity contribution is -0.0970. The van der Waals surface area contributed by atoms with Gasteiger partial charge in [0.15, 0.2) is 0 Å². The lowest BCUT2D eigenvalue weighted by Gasteiger charge is -2.16. The summed E-state index contributed by atoms with van der Waals surface area (Å²) in [5.41, 5.74) is 5.15. The lowest BCUT2D eigenvalue weighted by atomic mass is 10.1. The molecule has 1 aliphatic rings. The van der Waals surface area contributed by atoms with Crippen molar-refractivity contribution in [3.05, 3.63) is 0 Å². The van der Waals surface area contributed by atoms with Gasteiger partial charge < -0.3 is 10.8 Å². The third-order valence-electron chi connectivity index (χ3n) is 2.03. The zero-order chi connectivity index (χ0) is 7.78. The van der Waals surface area contributed by atoms with E-state index in [4.69, 9.17) is 10.8 Å². The summed E-state index contributed by atoms with van der Waals surface area (Å²) in [5.74, 6) is -3.31. The summed E-state index contributed by atoms with van der Waals surface area (Å²) >= 11 is 0. The number of nitrogens with two attached hydrogens (primary N) is 1. The molecule has 1 saturated carbocycles.